The highest BCUT2D eigenvalue weighted by atomic mass is 16.5. The number of aromatic nitrogens is 2. The zero-order valence-corrected chi connectivity index (χ0v) is 17.9. The largest absolute Gasteiger partial charge is 0.493 e. The smallest absolute Gasteiger partial charge is 0.161 e. The van der Waals surface area contributed by atoms with Crippen LogP contribution in [0.2, 0.25) is 0 Å². The van der Waals surface area contributed by atoms with Crippen molar-refractivity contribution in [2.75, 3.05) is 28.4 Å². The molecule has 1 aromatic heterocycles. The monoisotopic (exact) mass is 416 g/mol. The van der Waals surface area contributed by atoms with Crippen molar-refractivity contribution in [2.45, 2.75) is 0 Å². The number of hydrogen-bond acceptors (Lipinski definition) is 5. The average molecular weight is 416 g/mol. The molecule has 1 heterocycles. The summed E-state index contributed by atoms with van der Waals surface area (Å²) < 4.78 is 21.8. The van der Waals surface area contributed by atoms with E-state index in [-0.39, 0.29) is 0 Å². The fourth-order valence-corrected chi connectivity index (χ4v) is 3.50. The summed E-state index contributed by atoms with van der Waals surface area (Å²) in [5.74, 6) is 3.39. The molecule has 3 aromatic carbocycles. The van der Waals surface area contributed by atoms with Crippen LogP contribution in [0.3, 0.4) is 0 Å². The topological polar surface area (TPSA) is 65.6 Å². The average Bonchev–Trinajstić information content (AvgIpc) is 3.29. The first-order valence-electron chi connectivity index (χ1n) is 9.78. The van der Waals surface area contributed by atoms with Crippen molar-refractivity contribution in [3.63, 3.8) is 0 Å². The highest BCUT2D eigenvalue weighted by Gasteiger charge is 2.18. The molecular weight excluding hydrogens is 392 g/mol. The van der Waals surface area contributed by atoms with Crippen LogP contribution < -0.4 is 18.9 Å². The SMILES string of the molecule is COc1ccc(-c2nc(-c3ccccc3)[nH]c2-c2ccc(OC)c(OC)c2)cc1OC. The second kappa shape index (κ2) is 8.83. The Balaban J connectivity index is 1.91. The van der Waals surface area contributed by atoms with Crippen LogP contribution in [0, 0.1) is 0 Å². The molecule has 0 unspecified atom stereocenters. The molecule has 0 saturated carbocycles. The Labute approximate surface area is 181 Å². The van der Waals surface area contributed by atoms with Crippen LogP contribution in [0.4, 0.5) is 0 Å². The number of benzene rings is 3. The van der Waals surface area contributed by atoms with E-state index in [1.54, 1.807) is 28.4 Å². The van der Waals surface area contributed by atoms with Crippen molar-refractivity contribution in [3.05, 3.63) is 66.7 Å². The fraction of sp³-hybridized carbons (Fsp3) is 0.160. The molecule has 0 saturated heterocycles. The van der Waals surface area contributed by atoms with Crippen LogP contribution in [0.1, 0.15) is 0 Å². The molecule has 0 aliphatic rings. The molecule has 0 fully saturated rings. The molecule has 4 aromatic rings. The molecule has 6 heteroatoms. The number of nitrogens with zero attached hydrogens (tertiary/aromatic N) is 1. The molecule has 4 rings (SSSR count). The summed E-state index contributed by atoms with van der Waals surface area (Å²) in [6, 6.07) is 21.6. The number of ether oxygens (including phenoxy) is 4. The predicted molar refractivity (Wildman–Crippen MR) is 121 cm³/mol. The maximum Gasteiger partial charge on any atom is 0.161 e. The third-order valence-electron chi connectivity index (χ3n) is 5.08. The van der Waals surface area contributed by atoms with Crippen LogP contribution in [0.25, 0.3) is 33.9 Å². The lowest BCUT2D eigenvalue weighted by Crippen LogP contribution is -1.93. The molecule has 31 heavy (non-hydrogen) atoms. The van der Waals surface area contributed by atoms with Gasteiger partial charge in [0, 0.05) is 16.7 Å². The molecule has 0 radical (unpaired) electrons. The Hall–Kier alpha value is -3.93. The molecule has 0 amide bonds. The van der Waals surface area contributed by atoms with Gasteiger partial charge in [0.05, 0.1) is 39.8 Å². The van der Waals surface area contributed by atoms with Crippen molar-refractivity contribution < 1.29 is 18.9 Å². The highest BCUT2D eigenvalue weighted by molar-refractivity contribution is 5.83. The molecule has 0 spiro atoms. The van der Waals surface area contributed by atoms with E-state index in [0.29, 0.717) is 23.0 Å². The Kier molecular flexibility index (Phi) is 5.80. The van der Waals surface area contributed by atoms with Gasteiger partial charge in [-0.1, -0.05) is 30.3 Å². The summed E-state index contributed by atoms with van der Waals surface area (Å²) >= 11 is 0. The van der Waals surface area contributed by atoms with Crippen molar-refractivity contribution in [2.24, 2.45) is 0 Å². The van der Waals surface area contributed by atoms with E-state index in [4.69, 9.17) is 23.9 Å². The Morgan fingerprint density at radius 1 is 0.581 bits per heavy atom. The van der Waals surface area contributed by atoms with E-state index < -0.39 is 0 Å². The van der Waals surface area contributed by atoms with Crippen LogP contribution in [0.15, 0.2) is 66.7 Å². The number of aromatic amines is 1. The normalized spacial score (nSPS) is 10.6. The van der Waals surface area contributed by atoms with Gasteiger partial charge < -0.3 is 23.9 Å². The summed E-state index contributed by atoms with van der Waals surface area (Å²) in [6.07, 6.45) is 0. The molecule has 0 aliphatic heterocycles. The van der Waals surface area contributed by atoms with E-state index >= 15 is 0 Å². The van der Waals surface area contributed by atoms with E-state index in [0.717, 1.165) is 33.9 Å². The van der Waals surface area contributed by atoms with Crippen LogP contribution >= 0.6 is 0 Å². The van der Waals surface area contributed by atoms with Gasteiger partial charge in [0.2, 0.25) is 0 Å². The number of H-pyrrole nitrogens is 1. The Morgan fingerprint density at radius 3 is 1.71 bits per heavy atom. The maximum atomic E-state index is 5.51. The second-order valence-electron chi connectivity index (χ2n) is 6.81. The second-order valence-corrected chi connectivity index (χ2v) is 6.81. The molecular formula is C25H24N2O4. The molecule has 158 valence electrons. The van der Waals surface area contributed by atoms with Gasteiger partial charge in [0.25, 0.3) is 0 Å². The number of rotatable bonds is 7. The quantitative estimate of drug-likeness (QED) is 0.434. The van der Waals surface area contributed by atoms with E-state index in [1.807, 2.05) is 66.7 Å². The number of methoxy groups -OCH3 is 4. The van der Waals surface area contributed by atoms with Gasteiger partial charge >= 0.3 is 0 Å². The van der Waals surface area contributed by atoms with Gasteiger partial charge in [0.15, 0.2) is 23.0 Å². The minimum Gasteiger partial charge on any atom is -0.493 e. The lowest BCUT2D eigenvalue weighted by atomic mass is 10.0. The van der Waals surface area contributed by atoms with Crippen molar-refractivity contribution >= 4 is 0 Å². The van der Waals surface area contributed by atoms with Gasteiger partial charge in [0.1, 0.15) is 5.82 Å². The zero-order valence-electron chi connectivity index (χ0n) is 17.9. The molecule has 0 bridgehead atoms. The summed E-state index contributed by atoms with van der Waals surface area (Å²) in [6.45, 7) is 0. The number of imidazole rings is 1. The third-order valence-corrected chi connectivity index (χ3v) is 5.08. The Bertz CT molecular complexity index is 1110. The summed E-state index contributed by atoms with van der Waals surface area (Å²) in [7, 11) is 6.49. The molecule has 0 atom stereocenters. The first-order chi connectivity index (χ1) is 15.2. The van der Waals surface area contributed by atoms with Gasteiger partial charge in [-0.15, -0.1) is 0 Å². The lowest BCUT2D eigenvalue weighted by molar-refractivity contribution is 0.355. The number of nitrogens with one attached hydrogen (secondary N) is 1. The minimum atomic E-state index is 0.641. The van der Waals surface area contributed by atoms with Crippen molar-refractivity contribution in [3.8, 4) is 56.9 Å². The summed E-state index contributed by atoms with van der Waals surface area (Å²) in [5.41, 5.74) is 4.49. The van der Waals surface area contributed by atoms with Gasteiger partial charge in [-0.2, -0.15) is 0 Å². The van der Waals surface area contributed by atoms with Crippen LogP contribution in [-0.2, 0) is 0 Å². The third kappa shape index (κ3) is 3.92. The zero-order chi connectivity index (χ0) is 21.8. The predicted octanol–water partition coefficient (Wildman–Crippen LogP) is 5.45. The number of hydrogen-bond donors (Lipinski definition) is 1. The van der Waals surface area contributed by atoms with E-state index in [2.05, 4.69) is 4.98 Å². The van der Waals surface area contributed by atoms with E-state index in [9.17, 15) is 0 Å². The molecule has 0 aliphatic carbocycles. The summed E-state index contributed by atoms with van der Waals surface area (Å²) in [4.78, 5) is 8.42. The minimum absolute atomic E-state index is 0.641. The van der Waals surface area contributed by atoms with Crippen LogP contribution in [-0.4, -0.2) is 38.4 Å². The fourth-order valence-electron chi connectivity index (χ4n) is 3.50. The lowest BCUT2D eigenvalue weighted by Gasteiger charge is -2.11. The standard InChI is InChI=1S/C25H24N2O4/c1-28-19-12-10-17(14-21(19)30-3)23-24(18-11-13-20(29-2)22(15-18)31-4)27-25(26-23)16-8-6-5-7-9-16/h5-15H,1-4H3,(H,26,27). The van der Waals surface area contributed by atoms with E-state index in [1.165, 1.54) is 0 Å². The van der Waals surface area contributed by atoms with Gasteiger partial charge in [-0.3, -0.25) is 0 Å². The first kappa shape index (κ1) is 20.3. The van der Waals surface area contributed by atoms with Gasteiger partial charge in [-0.25, -0.2) is 4.98 Å². The van der Waals surface area contributed by atoms with Crippen molar-refractivity contribution in [1.82, 2.24) is 9.97 Å². The van der Waals surface area contributed by atoms with Crippen molar-refractivity contribution in [1.29, 1.82) is 0 Å². The summed E-state index contributed by atoms with van der Waals surface area (Å²) in [5, 5.41) is 0. The molecule has 6 nitrogen and oxygen atoms in total. The van der Waals surface area contributed by atoms with Crippen LogP contribution in [0.5, 0.6) is 23.0 Å². The molecule has 1 N–H and O–H groups in total. The highest BCUT2D eigenvalue weighted by Crippen LogP contribution is 2.39. The maximum absolute atomic E-state index is 5.51. The first-order valence-corrected chi connectivity index (χ1v) is 9.78. The Morgan fingerprint density at radius 2 is 1.13 bits per heavy atom. The van der Waals surface area contributed by atoms with Gasteiger partial charge in [-0.05, 0) is 36.4 Å².